The third-order valence-electron chi connectivity index (χ3n) is 3.15. The van der Waals surface area contributed by atoms with Gasteiger partial charge in [-0.05, 0) is 48.1 Å². The first-order chi connectivity index (χ1) is 10.4. The van der Waals surface area contributed by atoms with Gasteiger partial charge in [0.1, 0.15) is 0 Å². The van der Waals surface area contributed by atoms with Crippen molar-refractivity contribution in [3.63, 3.8) is 0 Å². The smallest absolute Gasteiger partial charge is 0.269 e. The number of carbonyl (C=O) groups excluding carboxylic acids is 1. The molecular formula is C14H15IN4O3. The molecule has 2 rings (SSSR count). The third kappa shape index (κ3) is 4.03. The lowest BCUT2D eigenvalue weighted by Crippen LogP contribution is -2.15. The van der Waals surface area contributed by atoms with Crippen LogP contribution in [0.2, 0.25) is 0 Å². The zero-order chi connectivity index (χ0) is 16.3. The van der Waals surface area contributed by atoms with E-state index in [-0.39, 0.29) is 18.0 Å². The molecule has 0 bridgehead atoms. The molecule has 1 aromatic heterocycles. The van der Waals surface area contributed by atoms with E-state index in [1.54, 1.807) is 17.7 Å². The van der Waals surface area contributed by atoms with Gasteiger partial charge in [-0.15, -0.1) is 0 Å². The summed E-state index contributed by atoms with van der Waals surface area (Å²) in [7, 11) is 0. The number of aryl methyl sites for hydroxylation is 3. The van der Waals surface area contributed by atoms with E-state index in [2.05, 4.69) is 33.0 Å². The van der Waals surface area contributed by atoms with Crippen molar-refractivity contribution in [2.45, 2.75) is 26.8 Å². The van der Waals surface area contributed by atoms with Crippen molar-refractivity contribution < 1.29 is 9.72 Å². The number of non-ortho nitro benzene ring substituents is 1. The molecule has 1 amide bonds. The molecule has 1 heterocycles. The third-order valence-corrected chi connectivity index (χ3v) is 4.21. The molecule has 7 nitrogen and oxygen atoms in total. The molecule has 22 heavy (non-hydrogen) atoms. The van der Waals surface area contributed by atoms with Crippen molar-refractivity contribution in [1.82, 2.24) is 9.78 Å². The second kappa shape index (κ2) is 6.86. The average Bonchev–Trinajstić information content (AvgIpc) is 2.77. The Morgan fingerprint density at radius 3 is 2.73 bits per heavy atom. The lowest BCUT2D eigenvalue weighted by atomic mass is 10.1. The monoisotopic (exact) mass is 414 g/mol. The van der Waals surface area contributed by atoms with Crippen LogP contribution in [0.3, 0.4) is 0 Å². The van der Waals surface area contributed by atoms with Crippen molar-refractivity contribution in [1.29, 1.82) is 0 Å². The highest BCUT2D eigenvalue weighted by atomic mass is 127. The number of halogens is 1. The lowest BCUT2D eigenvalue weighted by Gasteiger charge is -2.08. The zero-order valence-corrected chi connectivity index (χ0v) is 14.3. The van der Waals surface area contributed by atoms with Crippen LogP contribution in [0.1, 0.15) is 17.7 Å². The second-order valence-corrected chi connectivity index (χ2v) is 6.04. The first kappa shape index (κ1) is 16.4. The summed E-state index contributed by atoms with van der Waals surface area (Å²) >= 11 is 2.19. The number of nitrogens with zero attached hydrogens (tertiary/aromatic N) is 3. The Bertz CT molecular complexity index is 707. The largest absolute Gasteiger partial charge is 0.326 e. The number of nitro benzene ring substituents is 1. The number of nitrogens with one attached hydrogen (secondary N) is 1. The maximum absolute atomic E-state index is 12.0. The number of nitro groups is 1. The topological polar surface area (TPSA) is 90.1 Å². The fraction of sp³-hybridized carbons (Fsp3) is 0.286. The summed E-state index contributed by atoms with van der Waals surface area (Å²) in [6.07, 6.45) is 2.17. The minimum Gasteiger partial charge on any atom is -0.326 e. The van der Waals surface area contributed by atoms with Gasteiger partial charge in [0, 0.05) is 37.0 Å². The number of carbonyl (C=O) groups is 1. The minimum absolute atomic E-state index is 0.0112. The van der Waals surface area contributed by atoms with E-state index in [1.165, 1.54) is 12.1 Å². The first-order valence-corrected chi connectivity index (χ1v) is 7.69. The normalized spacial score (nSPS) is 10.5. The molecule has 2 aromatic rings. The molecule has 1 N–H and O–H groups in total. The quantitative estimate of drug-likeness (QED) is 0.463. The Kier molecular flexibility index (Phi) is 5.11. The number of anilines is 1. The Balaban J connectivity index is 1.96. The van der Waals surface area contributed by atoms with E-state index in [9.17, 15) is 14.9 Å². The fourth-order valence-electron chi connectivity index (χ4n) is 1.94. The Hall–Kier alpha value is -1.97. The Morgan fingerprint density at radius 2 is 2.18 bits per heavy atom. The van der Waals surface area contributed by atoms with E-state index in [0.29, 0.717) is 17.8 Å². The molecule has 0 saturated heterocycles. The van der Waals surface area contributed by atoms with Gasteiger partial charge in [0.25, 0.3) is 5.69 Å². The molecule has 0 saturated carbocycles. The predicted octanol–water partition coefficient (Wildman–Crippen LogP) is 3.04. The molecule has 0 aliphatic heterocycles. The van der Waals surface area contributed by atoms with Gasteiger partial charge in [0.05, 0.1) is 14.2 Å². The summed E-state index contributed by atoms with van der Waals surface area (Å²) in [5, 5.41) is 17.7. The number of hydrogen-bond acceptors (Lipinski definition) is 4. The standard InChI is InChI=1S/C14H15IN4O3/c1-9-7-11(19(21)22)3-4-13(9)16-14(20)5-6-18-8-12(15)10(2)17-18/h3-4,7-8H,5-6H2,1-2H3,(H,16,20). The van der Waals surface area contributed by atoms with Gasteiger partial charge in [0.15, 0.2) is 0 Å². The molecule has 0 atom stereocenters. The molecule has 1 aromatic carbocycles. The summed E-state index contributed by atoms with van der Waals surface area (Å²) in [5.41, 5.74) is 2.19. The molecular weight excluding hydrogens is 399 g/mol. The van der Waals surface area contributed by atoms with Crippen LogP contribution in [0.25, 0.3) is 0 Å². The number of amides is 1. The van der Waals surface area contributed by atoms with Gasteiger partial charge in [-0.1, -0.05) is 0 Å². The average molecular weight is 414 g/mol. The van der Waals surface area contributed by atoms with Crippen LogP contribution in [-0.4, -0.2) is 20.6 Å². The number of aromatic nitrogens is 2. The van der Waals surface area contributed by atoms with Crippen molar-refractivity contribution >= 4 is 39.9 Å². The highest BCUT2D eigenvalue weighted by Gasteiger charge is 2.10. The van der Waals surface area contributed by atoms with Crippen LogP contribution in [0, 0.1) is 27.5 Å². The van der Waals surface area contributed by atoms with Crippen molar-refractivity contribution in [3.05, 3.63) is 49.3 Å². The predicted molar refractivity (Wildman–Crippen MR) is 90.8 cm³/mol. The highest BCUT2D eigenvalue weighted by molar-refractivity contribution is 14.1. The number of rotatable bonds is 5. The van der Waals surface area contributed by atoms with Gasteiger partial charge < -0.3 is 5.32 Å². The molecule has 0 fully saturated rings. The number of hydrogen-bond donors (Lipinski definition) is 1. The van der Waals surface area contributed by atoms with Crippen LogP contribution >= 0.6 is 22.6 Å². The first-order valence-electron chi connectivity index (χ1n) is 6.61. The Labute approximate surface area is 141 Å². The zero-order valence-electron chi connectivity index (χ0n) is 12.2. The molecule has 0 unspecified atom stereocenters. The summed E-state index contributed by atoms with van der Waals surface area (Å²) in [4.78, 5) is 22.2. The van der Waals surface area contributed by atoms with Gasteiger partial charge in [-0.25, -0.2) is 0 Å². The maximum Gasteiger partial charge on any atom is 0.269 e. The summed E-state index contributed by atoms with van der Waals surface area (Å²) < 4.78 is 2.79. The summed E-state index contributed by atoms with van der Waals surface area (Å²) in [6, 6.07) is 4.36. The van der Waals surface area contributed by atoms with Crippen molar-refractivity contribution in [2.24, 2.45) is 0 Å². The molecule has 116 valence electrons. The highest BCUT2D eigenvalue weighted by Crippen LogP contribution is 2.21. The minimum atomic E-state index is -0.458. The van der Waals surface area contributed by atoms with Crippen LogP contribution in [0.5, 0.6) is 0 Å². The molecule has 8 heteroatoms. The Morgan fingerprint density at radius 1 is 1.45 bits per heavy atom. The van der Waals surface area contributed by atoms with E-state index >= 15 is 0 Å². The van der Waals surface area contributed by atoms with Crippen molar-refractivity contribution in [3.8, 4) is 0 Å². The van der Waals surface area contributed by atoms with Gasteiger partial charge in [-0.3, -0.25) is 19.6 Å². The second-order valence-electron chi connectivity index (χ2n) is 4.88. The van der Waals surface area contributed by atoms with Gasteiger partial charge >= 0.3 is 0 Å². The molecule has 0 aliphatic rings. The summed E-state index contributed by atoms with van der Waals surface area (Å²) in [5.74, 6) is -0.153. The summed E-state index contributed by atoms with van der Waals surface area (Å²) in [6.45, 7) is 4.13. The van der Waals surface area contributed by atoms with Crippen molar-refractivity contribution in [2.75, 3.05) is 5.32 Å². The molecule has 0 radical (unpaired) electrons. The van der Waals surface area contributed by atoms with Gasteiger partial charge in [-0.2, -0.15) is 5.10 Å². The maximum atomic E-state index is 12.0. The van der Waals surface area contributed by atoms with Crippen LogP contribution in [0.15, 0.2) is 24.4 Å². The van der Waals surface area contributed by atoms with Crippen LogP contribution in [-0.2, 0) is 11.3 Å². The molecule has 0 aliphatic carbocycles. The van der Waals surface area contributed by atoms with E-state index < -0.39 is 4.92 Å². The lowest BCUT2D eigenvalue weighted by molar-refractivity contribution is -0.384. The van der Waals surface area contributed by atoms with E-state index in [0.717, 1.165) is 9.26 Å². The van der Waals surface area contributed by atoms with E-state index in [4.69, 9.17) is 0 Å². The van der Waals surface area contributed by atoms with Crippen LogP contribution in [0.4, 0.5) is 11.4 Å². The van der Waals surface area contributed by atoms with Gasteiger partial charge in [0.2, 0.25) is 5.91 Å². The number of benzene rings is 1. The fourth-order valence-corrected chi connectivity index (χ4v) is 2.37. The van der Waals surface area contributed by atoms with Crippen LogP contribution < -0.4 is 5.32 Å². The SMILES string of the molecule is Cc1cc([N+](=O)[O-])ccc1NC(=O)CCn1cc(I)c(C)n1. The molecule has 0 spiro atoms. The van der Waals surface area contributed by atoms with E-state index in [1.807, 2.05) is 13.1 Å².